The molecule has 18 heavy (non-hydrogen) atoms. The van der Waals surface area contributed by atoms with Gasteiger partial charge in [-0.05, 0) is 24.7 Å². The number of hydrogen-bond acceptors (Lipinski definition) is 4. The Balaban J connectivity index is 2.04. The molecule has 0 radical (unpaired) electrons. The second-order valence-electron chi connectivity index (χ2n) is 4.37. The minimum atomic E-state index is -0.559. The van der Waals surface area contributed by atoms with Crippen LogP contribution in [0.3, 0.4) is 0 Å². The van der Waals surface area contributed by atoms with E-state index < -0.39 is 6.10 Å². The van der Waals surface area contributed by atoms with Gasteiger partial charge in [-0.15, -0.1) is 0 Å². The normalized spacial score (nSPS) is 20.9. The van der Waals surface area contributed by atoms with Crippen molar-refractivity contribution in [3.05, 3.63) is 28.8 Å². The van der Waals surface area contributed by atoms with Gasteiger partial charge in [-0.2, -0.15) is 0 Å². The van der Waals surface area contributed by atoms with E-state index in [1.807, 2.05) is 6.07 Å². The van der Waals surface area contributed by atoms with Crippen LogP contribution in [0.1, 0.15) is 18.1 Å². The number of ether oxygens (including phenoxy) is 2. The largest absolute Gasteiger partial charge is 0.486 e. The minimum Gasteiger partial charge on any atom is -0.486 e. The van der Waals surface area contributed by atoms with Crippen LogP contribution in [0.5, 0.6) is 5.75 Å². The third-order valence-electron chi connectivity index (χ3n) is 2.92. The number of halogens is 1. The van der Waals surface area contributed by atoms with E-state index in [4.69, 9.17) is 21.1 Å². The molecule has 2 unspecified atom stereocenters. The summed E-state index contributed by atoms with van der Waals surface area (Å²) in [7, 11) is 1.79. The van der Waals surface area contributed by atoms with Gasteiger partial charge in [-0.25, -0.2) is 0 Å². The molecular weight excluding hydrogens is 254 g/mol. The lowest BCUT2D eigenvalue weighted by molar-refractivity contribution is 0.141. The molecule has 0 spiro atoms. The van der Waals surface area contributed by atoms with Gasteiger partial charge in [0.25, 0.3) is 0 Å². The zero-order chi connectivity index (χ0) is 13.0. The molecule has 2 N–H and O–H groups in total. The lowest BCUT2D eigenvalue weighted by atomic mass is 10.1. The molecule has 1 fully saturated rings. The van der Waals surface area contributed by atoms with E-state index in [1.54, 1.807) is 19.2 Å². The third-order valence-corrected chi connectivity index (χ3v) is 3.22. The summed E-state index contributed by atoms with van der Waals surface area (Å²) >= 11 is 6.15. The van der Waals surface area contributed by atoms with Gasteiger partial charge >= 0.3 is 0 Å². The Labute approximate surface area is 112 Å². The molecule has 4 nitrogen and oxygen atoms in total. The van der Waals surface area contributed by atoms with Crippen molar-refractivity contribution in [2.75, 3.05) is 26.8 Å². The third kappa shape index (κ3) is 3.36. The molecule has 1 aliphatic heterocycles. The Hall–Kier alpha value is -0.810. The number of aliphatic hydroxyl groups is 1. The van der Waals surface area contributed by atoms with Crippen molar-refractivity contribution in [2.24, 2.45) is 0 Å². The summed E-state index contributed by atoms with van der Waals surface area (Å²) in [4.78, 5) is 0. The zero-order valence-corrected chi connectivity index (χ0v) is 11.1. The molecule has 1 aliphatic rings. The Morgan fingerprint density at radius 2 is 2.44 bits per heavy atom. The highest BCUT2D eigenvalue weighted by molar-refractivity contribution is 6.32. The Morgan fingerprint density at radius 1 is 1.61 bits per heavy atom. The summed E-state index contributed by atoms with van der Waals surface area (Å²) < 4.78 is 11.0. The predicted octanol–water partition coefficient (Wildman–Crippen LogP) is 1.76. The van der Waals surface area contributed by atoms with Crippen LogP contribution in [0.25, 0.3) is 0 Å². The van der Waals surface area contributed by atoms with Crippen molar-refractivity contribution < 1.29 is 14.6 Å². The van der Waals surface area contributed by atoms with Gasteiger partial charge in [0.15, 0.2) is 0 Å². The summed E-state index contributed by atoms with van der Waals surface area (Å²) in [5.41, 5.74) is 0.782. The van der Waals surface area contributed by atoms with Crippen LogP contribution in [0.4, 0.5) is 0 Å². The molecule has 2 atom stereocenters. The standard InChI is InChI=1S/C13H18ClNO3/c1-15-7-12(16)9-2-3-13(11(14)6-9)18-10-4-5-17-8-10/h2-3,6,10,12,15-16H,4-5,7-8H2,1H3. The average Bonchev–Trinajstić information content (AvgIpc) is 2.85. The van der Waals surface area contributed by atoms with E-state index in [2.05, 4.69) is 5.32 Å². The lowest BCUT2D eigenvalue weighted by Gasteiger charge is -2.15. The summed E-state index contributed by atoms with van der Waals surface area (Å²) in [5.74, 6) is 0.646. The zero-order valence-electron chi connectivity index (χ0n) is 10.4. The average molecular weight is 272 g/mol. The van der Waals surface area contributed by atoms with Crippen LogP contribution in [0, 0.1) is 0 Å². The monoisotopic (exact) mass is 271 g/mol. The van der Waals surface area contributed by atoms with Crippen LogP contribution < -0.4 is 10.1 Å². The molecule has 0 aromatic heterocycles. The van der Waals surface area contributed by atoms with Crippen LogP contribution in [0.2, 0.25) is 5.02 Å². The van der Waals surface area contributed by atoms with Crippen molar-refractivity contribution in [1.29, 1.82) is 0 Å². The first-order valence-electron chi connectivity index (χ1n) is 6.07. The molecule has 0 saturated carbocycles. The van der Waals surface area contributed by atoms with E-state index >= 15 is 0 Å². The molecule has 1 aromatic carbocycles. The van der Waals surface area contributed by atoms with Crippen LogP contribution in [0.15, 0.2) is 18.2 Å². The number of likely N-dealkylation sites (N-methyl/N-ethyl adjacent to an activating group) is 1. The fraction of sp³-hybridized carbons (Fsp3) is 0.538. The molecule has 2 rings (SSSR count). The molecule has 1 aromatic rings. The SMILES string of the molecule is CNCC(O)c1ccc(OC2CCOC2)c(Cl)c1. The highest BCUT2D eigenvalue weighted by Crippen LogP contribution is 2.29. The molecule has 1 heterocycles. The van der Waals surface area contributed by atoms with Crippen molar-refractivity contribution in [1.82, 2.24) is 5.32 Å². The van der Waals surface area contributed by atoms with Crippen molar-refractivity contribution in [2.45, 2.75) is 18.6 Å². The Bertz CT molecular complexity index is 394. The molecule has 0 bridgehead atoms. The molecule has 0 aliphatic carbocycles. The maximum atomic E-state index is 9.84. The Morgan fingerprint density at radius 3 is 3.06 bits per heavy atom. The topological polar surface area (TPSA) is 50.7 Å². The number of nitrogens with one attached hydrogen (secondary N) is 1. The van der Waals surface area contributed by atoms with Gasteiger partial charge in [0.05, 0.1) is 24.3 Å². The molecule has 0 amide bonds. The van der Waals surface area contributed by atoms with E-state index in [-0.39, 0.29) is 6.10 Å². The fourth-order valence-electron chi connectivity index (χ4n) is 1.92. The lowest BCUT2D eigenvalue weighted by Crippen LogP contribution is -2.17. The maximum Gasteiger partial charge on any atom is 0.138 e. The number of aliphatic hydroxyl groups excluding tert-OH is 1. The summed E-state index contributed by atoms with van der Waals surface area (Å²) in [5, 5.41) is 13.3. The maximum absolute atomic E-state index is 9.84. The van der Waals surface area contributed by atoms with Gasteiger partial charge in [-0.1, -0.05) is 17.7 Å². The van der Waals surface area contributed by atoms with Gasteiger partial charge in [0.1, 0.15) is 11.9 Å². The van der Waals surface area contributed by atoms with Gasteiger partial charge in [-0.3, -0.25) is 0 Å². The fourth-order valence-corrected chi connectivity index (χ4v) is 2.15. The van der Waals surface area contributed by atoms with Crippen molar-refractivity contribution in [3.8, 4) is 5.75 Å². The van der Waals surface area contributed by atoms with Crippen molar-refractivity contribution in [3.63, 3.8) is 0 Å². The first-order valence-corrected chi connectivity index (χ1v) is 6.45. The predicted molar refractivity (Wildman–Crippen MR) is 70.2 cm³/mol. The second-order valence-corrected chi connectivity index (χ2v) is 4.77. The van der Waals surface area contributed by atoms with Crippen molar-refractivity contribution >= 4 is 11.6 Å². The summed E-state index contributed by atoms with van der Waals surface area (Å²) in [6.07, 6.45) is 0.410. The molecular formula is C13H18ClNO3. The van der Waals surface area contributed by atoms with Gasteiger partial charge in [0.2, 0.25) is 0 Å². The van der Waals surface area contributed by atoms with Crippen LogP contribution >= 0.6 is 11.6 Å². The van der Waals surface area contributed by atoms with E-state index in [0.29, 0.717) is 23.9 Å². The second kappa shape index (κ2) is 6.38. The molecule has 100 valence electrons. The van der Waals surface area contributed by atoms with E-state index in [0.717, 1.165) is 18.6 Å². The smallest absolute Gasteiger partial charge is 0.138 e. The Kier molecular flexibility index (Phi) is 4.83. The summed E-state index contributed by atoms with van der Waals surface area (Å²) in [6, 6.07) is 5.38. The first-order chi connectivity index (χ1) is 8.70. The number of rotatable bonds is 5. The number of hydrogen-bond donors (Lipinski definition) is 2. The van der Waals surface area contributed by atoms with Crippen LogP contribution in [-0.2, 0) is 4.74 Å². The highest BCUT2D eigenvalue weighted by Gasteiger charge is 2.19. The number of benzene rings is 1. The van der Waals surface area contributed by atoms with Gasteiger partial charge in [0, 0.05) is 13.0 Å². The molecule has 5 heteroatoms. The van der Waals surface area contributed by atoms with E-state index in [9.17, 15) is 5.11 Å². The highest BCUT2D eigenvalue weighted by atomic mass is 35.5. The van der Waals surface area contributed by atoms with Crippen LogP contribution in [-0.4, -0.2) is 38.0 Å². The molecule has 1 saturated heterocycles. The first kappa shape index (κ1) is 13.6. The quantitative estimate of drug-likeness (QED) is 0.857. The van der Waals surface area contributed by atoms with E-state index in [1.165, 1.54) is 0 Å². The summed E-state index contributed by atoms with van der Waals surface area (Å²) in [6.45, 7) is 1.84. The van der Waals surface area contributed by atoms with Gasteiger partial charge < -0.3 is 19.9 Å². The minimum absolute atomic E-state index is 0.0792.